The van der Waals surface area contributed by atoms with Crippen molar-refractivity contribution < 1.29 is 19.4 Å². The molecule has 0 saturated carbocycles. The van der Waals surface area contributed by atoms with E-state index >= 15 is 0 Å². The molecule has 0 saturated heterocycles. The first-order valence-corrected chi connectivity index (χ1v) is 17.3. The van der Waals surface area contributed by atoms with Gasteiger partial charge in [-0.25, -0.2) is 4.79 Å². The van der Waals surface area contributed by atoms with Gasteiger partial charge in [0.2, 0.25) is 0 Å². The Balaban J connectivity index is 3.55. The van der Waals surface area contributed by atoms with Crippen molar-refractivity contribution in [2.75, 3.05) is 0 Å². The number of carbonyl (C=O) groups excluding carboxylic acids is 1. The Labute approximate surface area is 248 Å². The Kier molecular flexibility index (Phi) is 30.7. The number of hydrogen-bond acceptors (Lipinski definition) is 3. The van der Waals surface area contributed by atoms with E-state index in [1.165, 1.54) is 116 Å². The minimum Gasteiger partial charge on any atom is -0.479 e. The van der Waals surface area contributed by atoms with Crippen LogP contribution >= 0.6 is 0 Å². The lowest BCUT2D eigenvalue weighted by atomic mass is 10.0. The second kappa shape index (κ2) is 31.9. The molecule has 0 spiro atoms. The van der Waals surface area contributed by atoms with Crippen molar-refractivity contribution in [3.63, 3.8) is 0 Å². The first kappa shape index (κ1) is 38.4. The maximum Gasteiger partial charge on any atom is 0.345 e. The third-order valence-electron chi connectivity index (χ3n) is 7.70. The van der Waals surface area contributed by atoms with Crippen LogP contribution in [0.3, 0.4) is 0 Å². The van der Waals surface area contributed by atoms with Crippen molar-refractivity contribution in [2.24, 2.45) is 0 Å². The van der Waals surface area contributed by atoms with E-state index in [-0.39, 0.29) is 5.97 Å². The van der Waals surface area contributed by atoms with Crippen LogP contribution in [0.15, 0.2) is 24.3 Å². The highest BCUT2D eigenvalue weighted by atomic mass is 16.6. The van der Waals surface area contributed by atoms with Crippen molar-refractivity contribution in [3.8, 4) is 0 Å². The van der Waals surface area contributed by atoms with E-state index in [1.54, 1.807) is 0 Å². The monoisotopic (exact) mass is 562 g/mol. The first-order valence-electron chi connectivity index (χ1n) is 17.3. The molecule has 0 bridgehead atoms. The number of aliphatic carboxylic acids is 1. The molecular formula is C36H66O4. The molecule has 0 heterocycles. The Morgan fingerprint density at radius 2 is 0.950 bits per heavy atom. The zero-order valence-electron chi connectivity index (χ0n) is 26.7. The Morgan fingerprint density at radius 1 is 0.550 bits per heavy atom. The van der Waals surface area contributed by atoms with Gasteiger partial charge in [-0.1, -0.05) is 154 Å². The molecule has 1 N–H and O–H groups in total. The second-order valence-electron chi connectivity index (χ2n) is 11.7. The average molecular weight is 563 g/mol. The largest absolute Gasteiger partial charge is 0.479 e. The number of rotatable bonds is 31. The summed E-state index contributed by atoms with van der Waals surface area (Å²) in [6.45, 7) is 4.49. The lowest BCUT2D eigenvalue weighted by Gasteiger charge is -2.13. The maximum absolute atomic E-state index is 12.1. The topological polar surface area (TPSA) is 63.6 Å². The Hall–Kier alpha value is -1.58. The van der Waals surface area contributed by atoms with Gasteiger partial charge in [-0.05, 0) is 51.4 Å². The normalized spacial score (nSPS) is 12.4. The minimum absolute atomic E-state index is 0.337. The summed E-state index contributed by atoms with van der Waals surface area (Å²) in [4.78, 5) is 23.6. The molecule has 0 aliphatic heterocycles. The second-order valence-corrected chi connectivity index (χ2v) is 11.7. The zero-order chi connectivity index (χ0) is 29.4. The number of esters is 1. The summed E-state index contributed by atoms with van der Waals surface area (Å²) in [5.41, 5.74) is 0. The van der Waals surface area contributed by atoms with Gasteiger partial charge in [0.15, 0.2) is 6.10 Å². The number of carboxylic acids is 1. The maximum atomic E-state index is 12.1. The fraction of sp³-hybridized carbons (Fsp3) is 0.833. The van der Waals surface area contributed by atoms with Gasteiger partial charge in [-0.2, -0.15) is 0 Å². The van der Waals surface area contributed by atoms with E-state index in [1.807, 2.05) is 0 Å². The molecule has 40 heavy (non-hydrogen) atoms. The molecule has 0 aromatic carbocycles. The molecule has 4 nitrogen and oxygen atoms in total. The summed E-state index contributed by atoms with van der Waals surface area (Å²) >= 11 is 0. The lowest BCUT2D eigenvalue weighted by molar-refractivity contribution is -0.164. The molecular weight excluding hydrogens is 496 g/mol. The zero-order valence-corrected chi connectivity index (χ0v) is 26.7. The van der Waals surface area contributed by atoms with E-state index in [2.05, 4.69) is 38.2 Å². The highest BCUT2D eigenvalue weighted by Gasteiger charge is 2.21. The number of allylic oxidation sites excluding steroid dienone is 4. The molecule has 0 rings (SSSR count). The highest BCUT2D eigenvalue weighted by Crippen LogP contribution is 2.15. The van der Waals surface area contributed by atoms with Gasteiger partial charge < -0.3 is 9.84 Å². The molecule has 0 amide bonds. The van der Waals surface area contributed by atoms with Crippen LogP contribution in [0.5, 0.6) is 0 Å². The number of hydrogen-bond donors (Lipinski definition) is 1. The van der Waals surface area contributed by atoms with Gasteiger partial charge in [0.25, 0.3) is 0 Å². The summed E-state index contributed by atoms with van der Waals surface area (Å²) in [5.74, 6) is -1.36. The summed E-state index contributed by atoms with van der Waals surface area (Å²) in [7, 11) is 0. The predicted molar refractivity (Wildman–Crippen MR) is 172 cm³/mol. The fourth-order valence-electron chi connectivity index (χ4n) is 5.06. The Morgan fingerprint density at radius 3 is 1.45 bits per heavy atom. The van der Waals surface area contributed by atoms with Gasteiger partial charge in [-0.3, -0.25) is 4.79 Å². The summed E-state index contributed by atoms with van der Waals surface area (Å²) in [6, 6.07) is 0. The van der Waals surface area contributed by atoms with E-state index in [0.717, 1.165) is 44.9 Å². The number of carbonyl (C=O) groups is 2. The van der Waals surface area contributed by atoms with Crippen molar-refractivity contribution in [2.45, 2.75) is 193 Å². The standard InChI is InChI=1S/C36H66O4/c1-3-5-7-9-11-13-15-16-17-18-19-20-21-22-23-25-27-29-31-33-35(37)40-34(36(38)39)32-30-28-26-24-14-12-10-8-6-4-2/h11,13,16-17,34H,3-10,12,14-15,18-33H2,1-2H3,(H,38,39)/b13-11-,17-16-. The van der Waals surface area contributed by atoms with Crippen molar-refractivity contribution in [1.82, 2.24) is 0 Å². The SMILES string of the molecule is CCCCC/C=C\C/C=C\CCCCCCCCCCCC(=O)OC(CCCCCCCCCCCC)C(=O)O. The molecule has 1 unspecified atom stereocenters. The molecule has 1 atom stereocenters. The van der Waals surface area contributed by atoms with E-state index < -0.39 is 12.1 Å². The number of ether oxygens (including phenoxy) is 1. The van der Waals surface area contributed by atoms with Crippen LogP contribution in [0.1, 0.15) is 187 Å². The molecule has 0 aliphatic carbocycles. The molecule has 0 radical (unpaired) electrons. The summed E-state index contributed by atoms with van der Waals surface area (Å²) in [5, 5.41) is 9.42. The van der Waals surface area contributed by atoms with Crippen molar-refractivity contribution >= 4 is 11.9 Å². The smallest absolute Gasteiger partial charge is 0.345 e. The molecule has 4 heteroatoms. The molecule has 0 fully saturated rings. The van der Waals surface area contributed by atoms with Gasteiger partial charge in [0.1, 0.15) is 0 Å². The van der Waals surface area contributed by atoms with Crippen LogP contribution in [-0.2, 0) is 14.3 Å². The molecule has 0 aromatic rings. The third kappa shape index (κ3) is 29.4. The van der Waals surface area contributed by atoms with Crippen molar-refractivity contribution in [1.29, 1.82) is 0 Å². The first-order chi connectivity index (χ1) is 19.6. The summed E-state index contributed by atoms with van der Waals surface area (Å²) in [6.07, 6.45) is 39.2. The highest BCUT2D eigenvalue weighted by molar-refractivity contribution is 5.77. The number of carboxylic acid groups (broad SMARTS) is 1. The minimum atomic E-state index is -1.01. The van der Waals surface area contributed by atoms with Crippen LogP contribution in [-0.4, -0.2) is 23.1 Å². The van der Waals surface area contributed by atoms with Gasteiger partial charge in [0, 0.05) is 6.42 Å². The van der Waals surface area contributed by atoms with Crippen LogP contribution < -0.4 is 0 Å². The third-order valence-corrected chi connectivity index (χ3v) is 7.70. The van der Waals surface area contributed by atoms with E-state index in [4.69, 9.17) is 4.74 Å². The van der Waals surface area contributed by atoms with E-state index in [9.17, 15) is 14.7 Å². The quantitative estimate of drug-likeness (QED) is 0.0518. The molecule has 234 valence electrons. The fourth-order valence-corrected chi connectivity index (χ4v) is 5.06. The predicted octanol–water partition coefficient (Wildman–Crippen LogP) is 11.7. The van der Waals surface area contributed by atoms with Gasteiger partial charge in [0.05, 0.1) is 0 Å². The van der Waals surface area contributed by atoms with Crippen LogP contribution in [0.4, 0.5) is 0 Å². The van der Waals surface area contributed by atoms with Crippen molar-refractivity contribution in [3.05, 3.63) is 24.3 Å². The van der Waals surface area contributed by atoms with Gasteiger partial charge >= 0.3 is 11.9 Å². The van der Waals surface area contributed by atoms with E-state index in [0.29, 0.717) is 12.8 Å². The van der Waals surface area contributed by atoms with Gasteiger partial charge in [-0.15, -0.1) is 0 Å². The molecule has 0 aliphatic rings. The Bertz CT molecular complexity index is 610. The lowest BCUT2D eigenvalue weighted by Crippen LogP contribution is -2.27. The molecule has 0 aromatic heterocycles. The average Bonchev–Trinajstić information content (AvgIpc) is 2.94. The summed E-state index contributed by atoms with van der Waals surface area (Å²) < 4.78 is 5.29. The van der Waals surface area contributed by atoms with Crippen LogP contribution in [0.25, 0.3) is 0 Å². The van der Waals surface area contributed by atoms with Crippen LogP contribution in [0, 0.1) is 0 Å². The number of unbranched alkanes of at least 4 members (excludes halogenated alkanes) is 21. The van der Waals surface area contributed by atoms with Crippen LogP contribution in [0.2, 0.25) is 0 Å².